The van der Waals surface area contributed by atoms with Crippen molar-refractivity contribution in [1.29, 1.82) is 0 Å². The molecule has 0 aromatic heterocycles. The minimum Gasteiger partial charge on any atom is -0.444 e. The molecule has 1 fully saturated rings. The van der Waals surface area contributed by atoms with Crippen molar-refractivity contribution in [3.8, 4) is 0 Å². The first-order valence-electron chi connectivity index (χ1n) is 8.26. The van der Waals surface area contributed by atoms with Crippen LogP contribution in [0.15, 0.2) is 18.2 Å². The van der Waals surface area contributed by atoms with Crippen molar-refractivity contribution in [2.75, 3.05) is 18.4 Å². The second-order valence-corrected chi connectivity index (χ2v) is 7.17. The summed E-state index contributed by atoms with van der Waals surface area (Å²) in [5.41, 5.74) is 1.00. The average Bonchev–Trinajstić information content (AvgIpc) is 2.47. The molecule has 0 saturated carbocycles. The Labute approximate surface area is 138 Å². The Morgan fingerprint density at radius 2 is 2.13 bits per heavy atom. The first-order chi connectivity index (χ1) is 10.8. The molecule has 1 heterocycles. The van der Waals surface area contributed by atoms with Crippen molar-refractivity contribution in [2.45, 2.75) is 58.6 Å². The van der Waals surface area contributed by atoms with Crippen LogP contribution in [0.2, 0.25) is 0 Å². The smallest absolute Gasteiger partial charge is 0.410 e. The number of likely N-dealkylation sites (tertiary alicyclic amines) is 1. The van der Waals surface area contributed by atoms with Crippen LogP contribution < -0.4 is 5.32 Å². The van der Waals surface area contributed by atoms with E-state index < -0.39 is 5.60 Å². The zero-order valence-corrected chi connectivity index (χ0v) is 14.5. The number of ether oxygens (including phenoxy) is 1. The van der Waals surface area contributed by atoms with E-state index >= 15 is 0 Å². The van der Waals surface area contributed by atoms with Gasteiger partial charge in [0.25, 0.3) is 0 Å². The molecule has 0 bridgehead atoms. The Morgan fingerprint density at radius 1 is 1.39 bits per heavy atom. The minimum absolute atomic E-state index is 0.101. The molecule has 1 aliphatic heterocycles. The summed E-state index contributed by atoms with van der Waals surface area (Å²) in [6.07, 6.45) is 2.81. The molecule has 1 unspecified atom stereocenters. The van der Waals surface area contributed by atoms with Gasteiger partial charge in [-0.05, 0) is 70.7 Å². The van der Waals surface area contributed by atoms with Crippen LogP contribution in [0.3, 0.4) is 0 Å². The van der Waals surface area contributed by atoms with Gasteiger partial charge in [-0.1, -0.05) is 0 Å². The molecule has 2 rings (SSSR count). The van der Waals surface area contributed by atoms with Gasteiger partial charge in [0, 0.05) is 18.8 Å². The number of halogens is 1. The van der Waals surface area contributed by atoms with Crippen LogP contribution in [-0.4, -0.2) is 35.7 Å². The molecule has 1 aromatic rings. The molecule has 1 saturated heterocycles. The molecule has 128 valence electrons. The molecule has 23 heavy (non-hydrogen) atoms. The van der Waals surface area contributed by atoms with Crippen LogP contribution >= 0.6 is 0 Å². The van der Waals surface area contributed by atoms with Gasteiger partial charge in [0.05, 0.1) is 6.04 Å². The summed E-state index contributed by atoms with van der Waals surface area (Å²) in [5.74, 6) is -0.205. The summed E-state index contributed by atoms with van der Waals surface area (Å²) in [4.78, 5) is 14.2. The summed E-state index contributed by atoms with van der Waals surface area (Å²) >= 11 is 0. The van der Waals surface area contributed by atoms with Crippen molar-refractivity contribution in [1.82, 2.24) is 4.90 Å². The van der Waals surface area contributed by atoms with Crippen LogP contribution in [0.5, 0.6) is 0 Å². The van der Waals surface area contributed by atoms with E-state index in [2.05, 4.69) is 5.32 Å². The largest absolute Gasteiger partial charge is 0.444 e. The predicted octanol–water partition coefficient (Wildman–Crippen LogP) is 4.34. The maximum atomic E-state index is 13.3. The van der Waals surface area contributed by atoms with E-state index in [0.717, 1.165) is 31.5 Å². The highest BCUT2D eigenvalue weighted by atomic mass is 19.1. The molecule has 0 aliphatic carbocycles. The van der Waals surface area contributed by atoms with Crippen LogP contribution in [0.1, 0.15) is 45.6 Å². The highest BCUT2D eigenvalue weighted by Crippen LogP contribution is 2.21. The molecular weight excluding hydrogens is 295 g/mol. The number of carbonyl (C=O) groups is 1. The molecule has 1 amide bonds. The zero-order valence-electron chi connectivity index (χ0n) is 14.5. The van der Waals surface area contributed by atoms with Crippen molar-refractivity contribution >= 4 is 11.8 Å². The summed E-state index contributed by atoms with van der Waals surface area (Å²) < 4.78 is 18.8. The van der Waals surface area contributed by atoms with Crippen LogP contribution in [0.4, 0.5) is 14.9 Å². The fraction of sp³-hybridized carbons (Fsp3) is 0.611. The van der Waals surface area contributed by atoms with Crippen molar-refractivity contribution < 1.29 is 13.9 Å². The number of benzene rings is 1. The minimum atomic E-state index is -0.486. The molecular formula is C18H27FN2O2. The number of anilines is 1. The average molecular weight is 322 g/mol. The third-order valence-corrected chi connectivity index (χ3v) is 3.95. The van der Waals surface area contributed by atoms with E-state index in [-0.39, 0.29) is 18.0 Å². The molecule has 1 atom stereocenters. The van der Waals surface area contributed by atoms with Crippen molar-refractivity contribution in [2.24, 2.45) is 0 Å². The Kier molecular flexibility index (Phi) is 5.50. The van der Waals surface area contributed by atoms with E-state index in [1.54, 1.807) is 19.1 Å². The van der Waals surface area contributed by atoms with Gasteiger partial charge < -0.3 is 15.0 Å². The monoisotopic (exact) mass is 322 g/mol. The SMILES string of the molecule is Cc1cc(NCC2CCCCN2C(=O)OC(C)(C)C)ccc1F. The van der Waals surface area contributed by atoms with Crippen LogP contribution in [0.25, 0.3) is 0 Å². The van der Waals surface area contributed by atoms with Gasteiger partial charge in [-0.3, -0.25) is 0 Å². The lowest BCUT2D eigenvalue weighted by Crippen LogP contribution is -2.48. The summed E-state index contributed by atoms with van der Waals surface area (Å²) in [7, 11) is 0. The molecule has 5 heteroatoms. The van der Waals surface area contributed by atoms with E-state index in [1.807, 2.05) is 25.7 Å². The van der Waals surface area contributed by atoms with Gasteiger partial charge in [0.2, 0.25) is 0 Å². The number of aryl methyl sites for hydroxylation is 1. The number of rotatable bonds is 3. The third-order valence-electron chi connectivity index (χ3n) is 3.95. The van der Waals surface area contributed by atoms with Gasteiger partial charge in [0.15, 0.2) is 0 Å². The Bertz CT molecular complexity index is 554. The molecule has 0 radical (unpaired) electrons. The highest BCUT2D eigenvalue weighted by Gasteiger charge is 2.30. The number of amides is 1. The Morgan fingerprint density at radius 3 is 2.78 bits per heavy atom. The second kappa shape index (κ2) is 7.20. The van der Waals surface area contributed by atoms with Gasteiger partial charge in [-0.15, -0.1) is 0 Å². The standard InChI is InChI=1S/C18H27FN2O2/c1-13-11-14(8-9-16(13)19)20-12-15-7-5-6-10-21(15)17(22)23-18(2,3)4/h8-9,11,15,20H,5-7,10,12H2,1-4H3. The number of nitrogens with zero attached hydrogens (tertiary/aromatic N) is 1. The highest BCUT2D eigenvalue weighted by molar-refractivity contribution is 5.68. The van der Waals surface area contributed by atoms with Gasteiger partial charge >= 0.3 is 6.09 Å². The Balaban J connectivity index is 1.98. The fourth-order valence-electron chi connectivity index (χ4n) is 2.76. The zero-order chi connectivity index (χ0) is 17.0. The van der Waals surface area contributed by atoms with Crippen LogP contribution in [0, 0.1) is 12.7 Å². The molecule has 0 spiro atoms. The lowest BCUT2D eigenvalue weighted by Gasteiger charge is -2.37. The van der Waals surface area contributed by atoms with E-state index in [0.29, 0.717) is 12.1 Å². The first-order valence-corrected chi connectivity index (χ1v) is 8.26. The third kappa shape index (κ3) is 5.12. The normalized spacial score (nSPS) is 18.7. The van der Waals surface area contributed by atoms with Gasteiger partial charge in [-0.2, -0.15) is 0 Å². The lowest BCUT2D eigenvalue weighted by atomic mass is 10.0. The topological polar surface area (TPSA) is 41.6 Å². The maximum absolute atomic E-state index is 13.3. The summed E-state index contributed by atoms with van der Waals surface area (Å²) in [6.45, 7) is 8.75. The lowest BCUT2D eigenvalue weighted by molar-refractivity contribution is 0.0114. The first kappa shape index (κ1) is 17.6. The number of carbonyl (C=O) groups excluding carboxylic acids is 1. The van der Waals surface area contributed by atoms with Crippen LogP contribution in [-0.2, 0) is 4.74 Å². The summed E-state index contributed by atoms with van der Waals surface area (Å²) in [6, 6.07) is 5.08. The maximum Gasteiger partial charge on any atom is 0.410 e. The van der Waals surface area contributed by atoms with E-state index in [4.69, 9.17) is 4.74 Å². The summed E-state index contributed by atoms with van der Waals surface area (Å²) in [5, 5.41) is 3.31. The second-order valence-electron chi connectivity index (χ2n) is 7.17. The van der Waals surface area contributed by atoms with Gasteiger partial charge in [0.1, 0.15) is 11.4 Å². The molecule has 4 nitrogen and oxygen atoms in total. The number of hydrogen-bond acceptors (Lipinski definition) is 3. The van der Waals surface area contributed by atoms with E-state index in [9.17, 15) is 9.18 Å². The fourth-order valence-corrected chi connectivity index (χ4v) is 2.76. The van der Waals surface area contributed by atoms with Crippen molar-refractivity contribution in [3.63, 3.8) is 0 Å². The van der Waals surface area contributed by atoms with E-state index in [1.165, 1.54) is 6.07 Å². The molecule has 1 aromatic carbocycles. The molecule has 1 N–H and O–H groups in total. The van der Waals surface area contributed by atoms with Gasteiger partial charge in [-0.25, -0.2) is 9.18 Å². The number of nitrogens with one attached hydrogen (secondary N) is 1. The Hall–Kier alpha value is -1.78. The number of hydrogen-bond donors (Lipinski definition) is 1. The number of piperidine rings is 1. The molecule has 1 aliphatic rings. The van der Waals surface area contributed by atoms with Crippen molar-refractivity contribution in [3.05, 3.63) is 29.6 Å². The predicted molar refractivity (Wildman–Crippen MR) is 90.2 cm³/mol. The quantitative estimate of drug-likeness (QED) is 0.900.